The normalized spacial score (nSPS) is 17.0. The summed E-state index contributed by atoms with van der Waals surface area (Å²) in [5.41, 5.74) is 1.85. The minimum absolute atomic E-state index is 0.122. The molecule has 0 saturated carbocycles. The van der Waals surface area contributed by atoms with Gasteiger partial charge in [0.05, 0.1) is 12.6 Å². The highest BCUT2D eigenvalue weighted by molar-refractivity contribution is 7.10. The minimum Gasteiger partial charge on any atom is -0.331 e. The van der Waals surface area contributed by atoms with E-state index in [1.165, 1.54) is 4.88 Å². The molecule has 4 rings (SSSR count). The van der Waals surface area contributed by atoms with Gasteiger partial charge in [0.25, 0.3) is 5.91 Å². The molecule has 116 valence electrons. The Morgan fingerprint density at radius 3 is 2.91 bits per heavy atom. The summed E-state index contributed by atoms with van der Waals surface area (Å²) in [5.74, 6) is 0.122. The van der Waals surface area contributed by atoms with Gasteiger partial charge < -0.3 is 4.90 Å². The Morgan fingerprint density at radius 1 is 1.26 bits per heavy atom. The molecule has 1 aliphatic heterocycles. The van der Waals surface area contributed by atoms with Crippen LogP contribution < -0.4 is 0 Å². The molecule has 4 nitrogen and oxygen atoms in total. The lowest BCUT2D eigenvalue weighted by molar-refractivity contribution is 0.0468. The molecule has 1 saturated heterocycles. The number of rotatable bonds is 4. The predicted molar refractivity (Wildman–Crippen MR) is 90.5 cm³/mol. The van der Waals surface area contributed by atoms with Crippen molar-refractivity contribution in [2.24, 2.45) is 0 Å². The van der Waals surface area contributed by atoms with Crippen molar-refractivity contribution in [3.05, 3.63) is 76.2 Å². The molecule has 0 N–H and O–H groups in total. The van der Waals surface area contributed by atoms with Crippen LogP contribution in [0.2, 0.25) is 0 Å². The van der Waals surface area contributed by atoms with Crippen LogP contribution in [-0.4, -0.2) is 27.1 Å². The van der Waals surface area contributed by atoms with Crippen molar-refractivity contribution in [1.82, 2.24) is 14.7 Å². The third kappa shape index (κ3) is 2.80. The van der Waals surface area contributed by atoms with Crippen molar-refractivity contribution >= 4 is 17.2 Å². The number of hydrogen-bond acceptors (Lipinski definition) is 3. The quantitative estimate of drug-likeness (QED) is 0.736. The molecule has 0 unspecified atom stereocenters. The van der Waals surface area contributed by atoms with Crippen molar-refractivity contribution in [3.8, 4) is 0 Å². The lowest BCUT2D eigenvalue weighted by Gasteiger charge is -2.40. The summed E-state index contributed by atoms with van der Waals surface area (Å²) >= 11 is 1.72. The molecule has 23 heavy (non-hydrogen) atoms. The Morgan fingerprint density at radius 2 is 2.22 bits per heavy atom. The Kier molecular flexibility index (Phi) is 3.71. The topological polar surface area (TPSA) is 38.1 Å². The summed E-state index contributed by atoms with van der Waals surface area (Å²) in [4.78, 5) is 16.0. The summed E-state index contributed by atoms with van der Waals surface area (Å²) in [6.45, 7) is 1.52. The number of carbonyl (C=O) groups excluding carboxylic acids is 1. The highest BCUT2D eigenvalue weighted by atomic mass is 32.1. The largest absolute Gasteiger partial charge is 0.331 e. The summed E-state index contributed by atoms with van der Waals surface area (Å²) < 4.78 is 1.86. The third-order valence-electron chi connectivity index (χ3n) is 4.23. The van der Waals surface area contributed by atoms with E-state index in [0.29, 0.717) is 6.54 Å². The molecule has 2 aromatic heterocycles. The molecule has 1 amide bonds. The van der Waals surface area contributed by atoms with E-state index in [-0.39, 0.29) is 11.9 Å². The van der Waals surface area contributed by atoms with Gasteiger partial charge in [0.1, 0.15) is 0 Å². The molecule has 0 radical (unpaired) electrons. The van der Waals surface area contributed by atoms with Gasteiger partial charge in [-0.3, -0.25) is 9.48 Å². The monoisotopic (exact) mass is 323 g/mol. The number of amides is 1. The highest BCUT2D eigenvalue weighted by Crippen LogP contribution is 2.36. The van der Waals surface area contributed by atoms with Gasteiger partial charge in [-0.15, -0.1) is 11.3 Å². The Bertz CT molecular complexity index is 796. The molecular weight excluding hydrogens is 306 g/mol. The first-order chi connectivity index (χ1) is 11.3. The second kappa shape index (κ2) is 6.01. The van der Waals surface area contributed by atoms with Crippen LogP contribution in [0, 0.1) is 0 Å². The van der Waals surface area contributed by atoms with E-state index in [0.717, 1.165) is 24.1 Å². The molecular formula is C18H17N3OS. The Balaban J connectivity index is 1.52. The van der Waals surface area contributed by atoms with Gasteiger partial charge in [-0.25, -0.2) is 0 Å². The van der Waals surface area contributed by atoms with Crippen molar-refractivity contribution < 1.29 is 4.79 Å². The Hall–Kier alpha value is -2.40. The maximum atomic E-state index is 12.8. The van der Waals surface area contributed by atoms with Gasteiger partial charge >= 0.3 is 0 Å². The SMILES string of the molecule is O=C(c1cccc(Cn2cccn2)c1)N1CC[C@H]1c1cccs1. The molecule has 5 heteroatoms. The van der Waals surface area contributed by atoms with E-state index >= 15 is 0 Å². The standard InChI is InChI=1S/C18H17N3OS/c22-18(21-10-7-16(21)17-6-2-11-23-17)15-5-1-4-14(12-15)13-20-9-3-8-19-20/h1-6,8-9,11-12,16H,7,10,13H2/t16-/m0/s1. The lowest BCUT2D eigenvalue weighted by atomic mass is 9.99. The van der Waals surface area contributed by atoms with E-state index in [4.69, 9.17) is 0 Å². The number of benzene rings is 1. The van der Waals surface area contributed by atoms with Crippen LogP contribution in [0.5, 0.6) is 0 Å². The molecule has 0 aliphatic carbocycles. The average molecular weight is 323 g/mol. The lowest BCUT2D eigenvalue weighted by Crippen LogP contribution is -2.44. The van der Waals surface area contributed by atoms with Crippen molar-refractivity contribution in [2.75, 3.05) is 6.54 Å². The van der Waals surface area contributed by atoms with Crippen molar-refractivity contribution in [1.29, 1.82) is 0 Å². The van der Waals surface area contributed by atoms with Crippen LogP contribution in [0.1, 0.15) is 33.3 Å². The first-order valence-electron chi connectivity index (χ1n) is 7.72. The number of likely N-dealkylation sites (tertiary alicyclic amines) is 1. The van der Waals surface area contributed by atoms with E-state index < -0.39 is 0 Å². The van der Waals surface area contributed by atoms with Crippen LogP contribution in [0.15, 0.2) is 60.2 Å². The van der Waals surface area contributed by atoms with E-state index in [1.807, 2.05) is 52.2 Å². The summed E-state index contributed by atoms with van der Waals surface area (Å²) in [7, 11) is 0. The molecule has 1 fully saturated rings. The smallest absolute Gasteiger partial charge is 0.254 e. The molecule has 1 atom stereocenters. The van der Waals surface area contributed by atoms with Crippen LogP contribution >= 0.6 is 11.3 Å². The number of aromatic nitrogens is 2. The van der Waals surface area contributed by atoms with Gasteiger partial charge in [0.2, 0.25) is 0 Å². The summed E-state index contributed by atoms with van der Waals surface area (Å²) in [6.07, 6.45) is 4.75. The second-order valence-electron chi connectivity index (χ2n) is 5.72. The zero-order valence-electron chi connectivity index (χ0n) is 12.6. The van der Waals surface area contributed by atoms with E-state index in [9.17, 15) is 4.79 Å². The zero-order valence-corrected chi connectivity index (χ0v) is 13.4. The molecule has 3 aromatic rings. The highest BCUT2D eigenvalue weighted by Gasteiger charge is 2.34. The van der Waals surface area contributed by atoms with Crippen LogP contribution in [-0.2, 0) is 6.54 Å². The number of thiophene rings is 1. The third-order valence-corrected chi connectivity index (χ3v) is 5.20. The van der Waals surface area contributed by atoms with E-state index in [2.05, 4.69) is 16.5 Å². The number of carbonyl (C=O) groups is 1. The van der Waals surface area contributed by atoms with Crippen molar-refractivity contribution in [3.63, 3.8) is 0 Å². The van der Waals surface area contributed by atoms with Gasteiger partial charge in [0.15, 0.2) is 0 Å². The second-order valence-corrected chi connectivity index (χ2v) is 6.70. The molecule has 0 spiro atoms. The van der Waals surface area contributed by atoms with Crippen molar-refractivity contribution in [2.45, 2.75) is 19.0 Å². The first-order valence-corrected chi connectivity index (χ1v) is 8.60. The van der Waals surface area contributed by atoms with Gasteiger partial charge in [-0.05, 0) is 41.6 Å². The number of nitrogens with zero attached hydrogens (tertiary/aromatic N) is 3. The van der Waals surface area contributed by atoms with Gasteiger partial charge in [-0.1, -0.05) is 18.2 Å². The molecule has 1 aliphatic rings. The fraction of sp³-hybridized carbons (Fsp3) is 0.222. The maximum Gasteiger partial charge on any atom is 0.254 e. The number of hydrogen-bond donors (Lipinski definition) is 0. The average Bonchev–Trinajstić information content (AvgIpc) is 3.20. The van der Waals surface area contributed by atoms with Gasteiger partial charge in [0, 0.05) is 29.4 Å². The summed E-state index contributed by atoms with van der Waals surface area (Å²) in [5, 5.41) is 6.29. The molecule has 1 aromatic carbocycles. The van der Waals surface area contributed by atoms with Crippen LogP contribution in [0.4, 0.5) is 0 Å². The van der Waals surface area contributed by atoms with E-state index in [1.54, 1.807) is 17.5 Å². The fourth-order valence-corrected chi connectivity index (χ4v) is 3.83. The van der Waals surface area contributed by atoms with Crippen LogP contribution in [0.25, 0.3) is 0 Å². The van der Waals surface area contributed by atoms with Crippen LogP contribution in [0.3, 0.4) is 0 Å². The Labute approximate surface area is 139 Å². The first kappa shape index (κ1) is 14.2. The minimum atomic E-state index is 0.122. The summed E-state index contributed by atoms with van der Waals surface area (Å²) in [6, 6.07) is 14.2. The molecule has 3 heterocycles. The maximum absolute atomic E-state index is 12.8. The predicted octanol–water partition coefficient (Wildman–Crippen LogP) is 3.58. The van der Waals surface area contributed by atoms with Gasteiger partial charge in [-0.2, -0.15) is 5.10 Å². The zero-order chi connectivity index (χ0) is 15.6. The molecule has 0 bridgehead atoms. The fourth-order valence-electron chi connectivity index (χ4n) is 2.96.